The summed E-state index contributed by atoms with van der Waals surface area (Å²) in [6.45, 7) is 1.51. The lowest BCUT2D eigenvalue weighted by atomic mass is 10.2. The lowest BCUT2D eigenvalue weighted by Crippen LogP contribution is -2.30. The second-order valence-electron chi connectivity index (χ2n) is 6.17. The normalized spacial score (nSPS) is 11.8. The molecule has 0 spiro atoms. The molecule has 1 N–H and O–H groups in total. The molecule has 0 radical (unpaired) electrons. The van der Waals surface area contributed by atoms with Gasteiger partial charge in [0, 0.05) is 23.3 Å². The van der Waals surface area contributed by atoms with Crippen LogP contribution < -0.4 is 5.32 Å². The number of esters is 1. The van der Waals surface area contributed by atoms with Crippen molar-refractivity contribution in [2.75, 3.05) is 5.32 Å². The summed E-state index contributed by atoms with van der Waals surface area (Å²) in [5.74, 6) is -1.10. The molecule has 7 nitrogen and oxygen atoms in total. The number of anilines is 1. The lowest BCUT2D eigenvalue weighted by molar-refractivity contribution is -0.123. The highest BCUT2D eigenvalue weighted by Gasteiger charge is 2.22. The van der Waals surface area contributed by atoms with E-state index >= 15 is 0 Å². The third-order valence-electron chi connectivity index (χ3n) is 4.18. The Balaban J connectivity index is 1.43. The van der Waals surface area contributed by atoms with Gasteiger partial charge in [-0.2, -0.15) is 0 Å². The Bertz CT molecular complexity index is 1170. The summed E-state index contributed by atoms with van der Waals surface area (Å²) in [5.41, 5.74) is 3.00. The number of fused-ring (bicyclic) bond motifs is 1. The largest absolute Gasteiger partial charge is 0.449 e. The van der Waals surface area contributed by atoms with Gasteiger partial charge in [0.25, 0.3) is 5.91 Å². The standard InChI is InChI=1S/C21H16N4O3S/c1-13(28-20(27)15-8-5-9-16-18(15)23-11-10-22-16)19(26)25-21-24-17(12-29-21)14-6-3-2-4-7-14/h2-13H,1H3,(H,24,25,26). The summed E-state index contributed by atoms with van der Waals surface area (Å²) >= 11 is 1.31. The fourth-order valence-corrected chi connectivity index (χ4v) is 3.44. The molecule has 0 saturated carbocycles. The van der Waals surface area contributed by atoms with E-state index in [-0.39, 0.29) is 5.56 Å². The highest BCUT2D eigenvalue weighted by atomic mass is 32.1. The Morgan fingerprint density at radius 2 is 1.83 bits per heavy atom. The number of rotatable bonds is 5. The topological polar surface area (TPSA) is 94.1 Å². The monoisotopic (exact) mass is 404 g/mol. The number of ether oxygens (including phenoxy) is 1. The van der Waals surface area contributed by atoms with Crippen LogP contribution in [-0.2, 0) is 9.53 Å². The van der Waals surface area contributed by atoms with Gasteiger partial charge in [0.15, 0.2) is 11.2 Å². The molecule has 0 aliphatic carbocycles. The molecule has 0 aliphatic rings. The van der Waals surface area contributed by atoms with E-state index in [1.165, 1.54) is 24.5 Å². The van der Waals surface area contributed by atoms with Gasteiger partial charge in [-0.15, -0.1) is 11.3 Å². The lowest BCUT2D eigenvalue weighted by Gasteiger charge is -2.13. The number of thiazole rings is 1. The van der Waals surface area contributed by atoms with E-state index in [2.05, 4.69) is 20.3 Å². The number of hydrogen-bond acceptors (Lipinski definition) is 7. The van der Waals surface area contributed by atoms with E-state index < -0.39 is 18.0 Å². The van der Waals surface area contributed by atoms with Crippen molar-refractivity contribution in [2.24, 2.45) is 0 Å². The number of carbonyl (C=O) groups is 2. The Labute approximate surface area is 170 Å². The van der Waals surface area contributed by atoms with Gasteiger partial charge in [-0.05, 0) is 19.1 Å². The van der Waals surface area contributed by atoms with Crippen LogP contribution in [0.15, 0.2) is 66.3 Å². The molecule has 4 aromatic rings. The van der Waals surface area contributed by atoms with Crippen LogP contribution in [-0.4, -0.2) is 32.9 Å². The zero-order chi connectivity index (χ0) is 20.2. The number of benzene rings is 2. The van der Waals surface area contributed by atoms with Crippen molar-refractivity contribution in [1.82, 2.24) is 15.0 Å². The average Bonchev–Trinajstić information content (AvgIpc) is 3.22. The van der Waals surface area contributed by atoms with Crippen molar-refractivity contribution in [2.45, 2.75) is 13.0 Å². The van der Waals surface area contributed by atoms with Gasteiger partial charge in [-0.1, -0.05) is 36.4 Å². The van der Waals surface area contributed by atoms with Crippen molar-refractivity contribution in [3.8, 4) is 11.3 Å². The van der Waals surface area contributed by atoms with Gasteiger partial charge in [0.05, 0.1) is 16.8 Å². The fraction of sp³-hybridized carbons (Fsp3) is 0.0952. The van der Waals surface area contributed by atoms with E-state index in [0.717, 1.165) is 11.3 Å². The molecule has 8 heteroatoms. The van der Waals surface area contributed by atoms with E-state index in [4.69, 9.17) is 4.74 Å². The molecular formula is C21H16N4O3S. The van der Waals surface area contributed by atoms with Gasteiger partial charge >= 0.3 is 5.97 Å². The quantitative estimate of drug-likeness (QED) is 0.507. The van der Waals surface area contributed by atoms with Crippen LogP contribution in [0.5, 0.6) is 0 Å². The molecule has 144 valence electrons. The molecule has 1 amide bonds. The van der Waals surface area contributed by atoms with Crippen LogP contribution in [0.4, 0.5) is 5.13 Å². The predicted molar refractivity (Wildman–Crippen MR) is 111 cm³/mol. The van der Waals surface area contributed by atoms with Crippen LogP contribution in [0.1, 0.15) is 17.3 Å². The van der Waals surface area contributed by atoms with Crippen molar-refractivity contribution in [1.29, 1.82) is 0 Å². The van der Waals surface area contributed by atoms with Gasteiger partial charge < -0.3 is 4.74 Å². The van der Waals surface area contributed by atoms with Crippen molar-refractivity contribution in [3.05, 3.63) is 71.9 Å². The molecular weight excluding hydrogens is 388 g/mol. The van der Waals surface area contributed by atoms with Crippen LogP contribution in [0.3, 0.4) is 0 Å². The van der Waals surface area contributed by atoms with Crippen molar-refractivity contribution in [3.63, 3.8) is 0 Å². The molecule has 4 rings (SSSR count). The highest BCUT2D eigenvalue weighted by Crippen LogP contribution is 2.25. The maximum atomic E-state index is 12.5. The number of amides is 1. The number of carbonyl (C=O) groups excluding carboxylic acids is 2. The van der Waals surface area contributed by atoms with E-state index in [9.17, 15) is 9.59 Å². The van der Waals surface area contributed by atoms with Crippen molar-refractivity contribution < 1.29 is 14.3 Å². The summed E-state index contributed by atoms with van der Waals surface area (Å²) in [7, 11) is 0. The summed E-state index contributed by atoms with van der Waals surface area (Å²) in [4.78, 5) is 37.7. The maximum Gasteiger partial charge on any atom is 0.341 e. The minimum Gasteiger partial charge on any atom is -0.449 e. The van der Waals surface area contributed by atoms with Gasteiger partial charge in [0.1, 0.15) is 5.52 Å². The summed E-state index contributed by atoms with van der Waals surface area (Å²) in [6.07, 6.45) is 2.05. The second kappa shape index (κ2) is 8.15. The molecule has 29 heavy (non-hydrogen) atoms. The first kappa shape index (κ1) is 18.7. The molecule has 0 fully saturated rings. The molecule has 0 aliphatic heterocycles. The highest BCUT2D eigenvalue weighted by molar-refractivity contribution is 7.14. The summed E-state index contributed by atoms with van der Waals surface area (Å²) in [5, 5.41) is 4.98. The second-order valence-corrected chi connectivity index (χ2v) is 7.03. The Kier molecular flexibility index (Phi) is 5.26. The number of nitrogens with zero attached hydrogens (tertiary/aromatic N) is 3. The zero-order valence-electron chi connectivity index (χ0n) is 15.4. The molecule has 0 bridgehead atoms. The number of hydrogen-bond donors (Lipinski definition) is 1. The third kappa shape index (κ3) is 4.12. The summed E-state index contributed by atoms with van der Waals surface area (Å²) in [6, 6.07) is 14.7. The minimum atomic E-state index is -1.00. The maximum absolute atomic E-state index is 12.5. The van der Waals surface area contributed by atoms with E-state index in [1.54, 1.807) is 24.4 Å². The fourth-order valence-electron chi connectivity index (χ4n) is 2.71. The first-order valence-corrected chi connectivity index (χ1v) is 9.72. The first-order valence-electron chi connectivity index (χ1n) is 8.84. The van der Waals surface area contributed by atoms with Gasteiger partial charge in [-0.25, -0.2) is 9.78 Å². The zero-order valence-corrected chi connectivity index (χ0v) is 16.2. The third-order valence-corrected chi connectivity index (χ3v) is 4.93. The number of para-hydroxylation sites is 1. The molecule has 1 unspecified atom stereocenters. The van der Waals surface area contributed by atoms with Gasteiger partial charge in [-0.3, -0.25) is 20.1 Å². The molecule has 2 aromatic heterocycles. The summed E-state index contributed by atoms with van der Waals surface area (Å²) < 4.78 is 5.33. The van der Waals surface area contributed by atoms with Crippen LogP contribution in [0.2, 0.25) is 0 Å². The first-order chi connectivity index (χ1) is 14.1. The Morgan fingerprint density at radius 3 is 2.66 bits per heavy atom. The molecule has 0 saturated heterocycles. The number of nitrogens with one attached hydrogen (secondary N) is 1. The van der Waals surface area contributed by atoms with Gasteiger partial charge in [0.2, 0.25) is 0 Å². The smallest absolute Gasteiger partial charge is 0.341 e. The van der Waals surface area contributed by atoms with E-state index in [0.29, 0.717) is 16.2 Å². The molecule has 2 aromatic carbocycles. The molecule has 1 atom stereocenters. The predicted octanol–water partition coefficient (Wildman–Crippen LogP) is 3.94. The van der Waals surface area contributed by atoms with Crippen LogP contribution >= 0.6 is 11.3 Å². The van der Waals surface area contributed by atoms with Crippen LogP contribution in [0.25, 0.3) is 22.3 Å². The van der Waals surface area contributed by atoms with E-state index in [1.807, 2.05) is 35.7 Å². The Morgan fingerprint density at radius 1 is 1.03 bits per heavy atom. The number of aromatic nitrogens is 3. The minimum absolute atomic E-state index is 0.260. The van der Waals surface area contributed by atoms with Crippen molar-refractivity contribution >= 4 is 39.4 Å². The van der Waals surface area contributed by atoms with Crippen LogP contribution in [0, 0.1) is 0 Å². The average molecular weight is 404 g/mol. The Hall–Kier alpha value is -3.65. The SMILES string of the molecule is CC(OC(=O)c1cccc2nccnc12)C(=O)Nc1nc(-c2ccccc2)cs1. The molecule has 2 heterocycles.